The molecule has 1 fully saturated rings. The van der Waals surface area contributed by atoms with E-state index in [1.807, 2.05) is 11.7 Å². The highest BCUT2D eigenvalue weighted by Gasteiger charge is 2.24. The molecule has 20 heavy (non-hydrogen) atoms. The molecule has 1 atom stereocenters. The fourth-order valence-electron chi connectivity index (χ4n) is 3.12. The van der Waals surface area contributed by atoms with Crippen LogP contribution in [-0.2, 0) is 24.8 Å². The average molecular weight is 279 g/mol. The number of carboxylic acid groups (broad SMARTS) is 1. The van der Waals surface area contributed by atoms with Gasteiger partial charge in [-0.05, 0) is 32.2 Å². The summed E-state index contributed by atoms with van der Waals surface area (Å²) in [6.07, 6.45) is 7.63. The lowest BCUT2D eigenvalue weighted by molar-refractivity contribution is -0.137. The molecule has 0 saturated carbocycles. The Bertz CT molecular complexity index is 456. The number of hydrogen-bond donors (Lipinski definition) is 1. The maximum absolute atomic E-state index is 10.8. The summed E-state index contributed by atoms with van der Waals surface area (Å²) in [5.74, 6) is -0.689. The molecule has 1 aromatic heterocycles. The van der Waals surface area contributed by atoms with Gasteiger partial charge in [0.25, 0.3) is 0 Å². The van der Waals surface area contributed by atoms with Gasteiger partial charge >= 0.3 is 5.97 Å². The first-order valence-corrected chi connectivity index (χ1v) is 7.57. The molecule has 1 N–H and O–H groups in total. The van der Waals surface area contributed by atoms with Crippen molar-refractivity contribution in [1.29, 1.82) is 0 Å². The Hall–Kier alpha value is -1.36. The van der Waals surface area contributed by atoms with Crippen LogP contribution in [0.5, 0.6) is 0 Å². The van der Waals surface area contributed by atoms with Gasteiger partial charge in [-0.2, -0.15) is 5.10 Å². The third-order valence-corrected chi connectivity index (χ3v) is 4.14. The van der Waals surface area contributed by atoms with E-state index < -0.39 is 5.97 Å². The van der Waals surface area contributed by atoms with Gasteiger partial charge in [-0.1, -0.05) is 13.3 Å². The topological polar surface area (TPSA) is 58.4 Å². The molecule has 0 bridgehead atoms. The molecular formula is C15H25N3O2. The van der Waals surface area contributed by atoms with Crippen LogP contribution in [0.1, 0.15) is 50.3 Å². The molecule has 1 aromatic rings. The number of aromatic nitrogens is 2. The summed E-state index contributed by atoms with van der Waals surface area (Å²) in [4.78, 5) is 13.2. The highest BCUT2D eigenvalue weighted by atomic mass is 16.4. The first kappa shape index (κ1) is 15.0. The fourth-order valence-corrected chi connectivity index (χ4v) is 3.12. The zero-order valence-corrected chi connectivity index (χ0v) is 12.5. The number of carbonyl (C=O) groups is 1. The summed E-state index contributed by atoms with van der Waals surface area (Å²) in [7, 11) is 1.96. The van der Waals surface area contributed by atoms with Crippen molar-refractivity contribution < 1.29 is 9.90 Å². The van der Waals surface area contributed by atoms with Gasteiger partial charge in [-0.25, -0.2) is 0 Å². The van der Waals surface area contributed by atoms with E-state index in [-0.39, 0.29) is 6.42 Å². The third-order valence-electron chi connectivity index (χ3n) is 4.14. The van der Waals surface area contributed by atoms with Crippen LogP contribution in [0.4, 0.5) is 0 Å². The Morgan fingerprint density at radius 2 is 2.30 bits per heavy atom. The number of aryl methyl sites for hydroxylation is 2. The maximum Gasteiger partial charge on any atom is 0.303 e. The lowest BCUT2D eigenvalue weighted by Crippen LogP contribution is -2.39. The summed E-state index contributed by atoms with van der Waals surface area (Å²) >= 11 is 0. The summed E-state index contributed by atoms with van der Waals surface area (Å²) < 4.78 is 1.88. The number of carboxylic acids is 1. The number of nitrogens with zero attached hydrogens (tertiary/aromatic N) is 3. The molecule has 0 spiro atoms. The summed E-state index contributed by atoms with van der Waals surface area (Å²) in [6, 6.07) is 0.407. The maximum atomic E-state index is 10.8. The summed E-state index contributed by atoms with van der Waals surface area (Å²) in [6.45, 7) is 4.10. The normalized spacial score (nSPS) is 20.2. The van der Waals surface area contributed by atoms with E-state index in [1.165, 1.54) is 18.4 Å². The molecule has 0 aliphatic carbocycles. The van der Waals surface area contributed by atoms with E-state index in [9.17, 15) is 4.79 Å². The van der Waals surface area contributed by atoms with Crippen molar-refractivity contribution in [3.8, 4) is 0 Å². The molecule has 2 rings (SSSR count). The second kappa shape index (κ2) is 6.88. The lowest BCUT2D eigenvalue weighted by Gasteiger charge is -2.35. The highest BCUT2D eigenvalue weighted by Crippen LogP contribution is 2.24. The Kier molecular flexibility index (Phi) is 5.17. The van der Waals surface area contributed by atoms with Crippen LogP contribution >= 0.6 is 0 Å². The van der Waals surface area contributed by atoms with Gasteiger partial charge in [0.1, 0.15) is 0 Å². The second-order valence-corrected chi connectivity index (χ2v) is 5.68. The van der Waals surface area contributed by atoms with Crippen LogP contribution in [0, 0.1) is 0 Å². The van der Waals surface area contributed by atoms with E-state index in [4.69, 9.17) is 5.11 Å². The van der Waals surface area contributed by atoms with E-state index in [0.29, 0.717) is 6.04 Å². The number of aliphatic carboxylic acids is 1. The monoisotopic (exact) mass is 279 g/mol. The molecule has 5 nitrogen and oxygen atoms in total. The van der Waals surface area contributed by atoms with E-state index in [0.717, 1.165) is 38.0 Å². The zero-order chi connectivity index (χ0) is 14.5. The van der Waals surface area contributed by atoms with Gasteiger partial charge in [-0.3, -0.25) is 14.4 Å². The molecule has 2 heterocycles. The highest BCUT2D eigenvalue weighted by molar-refractivity contribution is 5.66. The third kappa shape index (κ3) is 3.82. The van der Waals surface area contributed by atoms with Crippen LogP contribution in [0.3, 0.4) is 0 Å². The summed E-state index contributed by atoms with van der Waals surface area (Å²) in [5.41, 5.74) is 2.45. The molecule has 1 aliphatic heterocycles. The fraction of sp³-hybridized carbons (Fsp3) is 0.733. The zero-order valence-electron chi connectivity index (χ0n) is 12.5. The van der Waals surface area contributed by atoms with Crippen molar-refractivity contribution in [3.05, 3.63) is 17.5 Å². The Morgan fingerprint density at radius 3 is 3.00 bits per heavy atom. The Labute approximate surface area is 120 Å². The van der Waals surface area contributed by atoms with Crippen molar-refractivity contribution in [2.24, 2.45) is 7.05 Å². The van der Waals surface area contributed by atoms with Gasteiger partial charge in [0.2, 0.25) is 0 Å². The van der Waals surface area contributed by atoms with Crippen molar-refractivity contribution in [3.63, 3.8) is 0 Å². The molecule has 0 amide bonds. The number of rotatable bonds is 6. The molecule has 0 radical (unpaired) electrons. The number of piperidine rings is 1. The van der Waals surface area contributed by atoms with Crippen molar-refractivity contribution >= 4 is 5.97 Å². The average Bonchev–Trinajstić information content (AvgIpc) is 2.77. The predicted octanol–water partition coefficient (Wildman–Crippen LogP) is 2.20. The van der Waals surface area contributed by atoms with Crippen LogP contribution in [0.15, 0.2) is 6.20 Å². The van der Waals surface area contributed by atoms with Gasteiger partial charge in [0.05, 0.1) is 5.69 Å². The van der Waals surface area contributed by atoms with Gasteiger partial charge in [-0.15, -0.1) is 0 Å². The minimum atomic E-state index is -0.689. The molecule has 112 valence electrons. The van der Waals surface area contributed by atoms with Crippen molar-refractivity contribution in [1.82, 2.24) is 14.7 Å². The molecular weight excluding hydrogens is 254 g/mol. The SMILES string of the molecule is CCc1nn(C)cc1CN1CCCCC1CCC(=O)O. The van der Waals surface area contributed by atoms with Crippen molar-refractivity contribution in [2.75, 3.05) is 6.54 Å². The predicted molar refractivity (Wildman–Crippen MR) is 77.5 cm³/mol. The number of likely N-dealkylation sites (tertiary alicyclic amines) is 1. The quantitative estimate of drug-likeness (QED) is 0.867. The first-order valence-electron chi connectivity index (χ1n) is 7.57. The Morgan fingerprint density at radius 1 is 1.50 bits per heavy atom. The lowest BCUT2D eigenvalue weighted by atomic mass is 9.97. The van der Waals surface area contributed by atoms with E-state index in [1.54, 1.807) is 0 Å². The largest absolute Gasteiger partial charge is 0.481 e. The Balaban J connectivity index is 2.02. The molecule has 1 unspecified atom stereocenters. The molecule has 1 saturated heterocycles. The minimum Gasteiger partial charge on any atom is -0.481 e. The summed E-state index contributed by atoms with van der Waals surface area (Å²) in [5, 5.41) is 13.4. The smallest absolute Gasteiger partial charge is 0.303 e. The van der Waals surface area contributed by atoms with Gasteiger partial charge < -0.3 is 5.11 Å². The second-order valence-electron chi connectivity index (χ2n) is 5.68. The van der Waals surface area contributed by atoms with Gasteiger partial charge in [0, 0.05) is 37.8 Å². The van der Waals surface area contributed by atoms with Crippen LogP contribution in [0.2, 0.25) is 0 Å². The molecule has 5 heteroatoms. The van der Waals surface area contributed by atoms with E-state index >= 15 is 0 Å². The van der Waals surface area contributed by atoms with E-state index in [2.05, 4.69) is 23.1 Å². The minimum absolute atomic E-state index is 0.273. The van der Waals surface area contributed by atoms with Crippen LogP contribution < -0.4 is 0 Å². The standard InChI is InChI=1S/C15H25N3O2/c1-3-14-12(10-17(2)16-14)11-18-9-5-4-6-13(18)7-8-15(19)20/h10,13H,3-9,11H2,1-2H3,(H,19,20). The molecule has 0 aromatic carbocycles. The van der Waals surface area contributed by atoms with Crippen LogP contribution in [-0.4, -0.2) is 38.3 Å². The molecule has 1 aliphatic rings. The van der Waals surface area contributed by atoms with Gasteiger partial charge in [0.15, 0.2) is 0 Å². The van der Waals surface area contributed by atoms with Crippen LogP contribution in [0.25, 0.3) is 0 Å². The first-order chi connectivity index (χ1) is 9.60. The van der Waals surface area contributed by atoms with Crippen molar-refractivity contribution in [2.45, 2.75) is 58.0 Å². The number of hydrogen-bond acceptors (Lipinski definition) is 3.